The lowest BCUT2D eigenvalue weighted by Crippen LogP contribution is -2.43. The minimum absolute atomic E-state index is 0. The van der Waals surface area contributed by atoms with Crippen molar-refractivity contribution in [2.75, 3.05) is 0 Å². The van der Waals surface area contributed by atoms with Crippen LogP contribution >= 0.6 is 12.4 Å². The van der Waals surface area contributed by atoms with Gasteiger partial charge >= 0.3 is 11.9 Å². The molecule has 0 aromatic rings. The number of aliphatic hydroxyl groups is 1. The smallest absolute Gasteiger partial charge is 0.333 e. The van der Waals surface area contributed by atoms with E-state index in [2.05, 4.69) is 4.74 Å². The number of hydrogen-bond acceptors (Lipinski definition) is 5. The van der Waals surface area contributed by atoms with Crippen LogP contribution in [-0.2, 0) is 14.3 Å². The van der Waals surface area contributed by atoms with Crippen molar-refractivity contribution in [1.29, 1.82) is 0 Å². The fourth-order valence-corrected chi connectivity index (χ4v) is 1.52. The molecule has 2 atom stereocenters. The second-order valence-corrected chi connectivity index (χ2v) is 4.28. The molecule has 0 amide bonds. The molecule has 0 radical (unpaired) electrons. The molecular weight excluding hydrogens is 258 g/mol. The molecule has 0 aromatic carbocycles. The monoisotopic (exact) mass is 281 g/mol. The summed E-state index contributed by atoms with van der Waals surface area (Å²) in [5, 5.41) is 9.11. The molecule has 3 N–H and O–H groups in total. The highest BCUT2D eigenvalue weighted by atomic mass is 35.5. The van der Waals surface area contributed by atoms with E-state index >= 15 is 0 Å². The van der Waals surface area contributed by atoms with Crippen LogP contribution in [0.1, 0.15) is 46.5 Å². The van der Waals surface area contributed by atoms with Crippen molar-refractivity contribution in [1.82, 2.24) is 0 Å². The number of ether oxygens (including phenoxy) is 1. The van der Waals surface area contributed by atoms with Crippen LogP contribution in [0.4, 0.5) is 0 Å². The standard InChI is InChI=1S/C12H23NO4.ClH/c1-4-6-9(7-5-2)11(15)17-12(16)10(13)8(3)14;/h8-10,14H,4-7,13H2,1-3H3;1H/t8-,10+;/m1./s1. The van der Waals surface area contributed by atoms with Crippen molar-refractivity contribution >= 4 is 24.3 Å². The highest BCUT2D eigenvalue weighted by molar-refractivity contribution is 5.89. The SMILES string of the molecule is CCCC(CCC)C(=O)OC(=O)[C@@H](N)[C@@H](C)O.Cl. The number of carbonyl (C=O) groups excluding carboxylic acids is 2. The molecule has 0 fully saturated rings. The van der Waals surface area contributed by atoms with E-state index in [-0.39, 0.29) is 18.3 Å². The van der Waals surface area contributed by atoms with Crippen molar-refractivity contribution < 1.29 is 19.4 Å². The van der Waals surface area contributed by atoms with E-state index in [0.29, 0.717) is 12.8 Å². The van der Waals surface area contributed by atoms with Crippen molar-refractivity contribution in [2.45, 2.75) is 58.6 Å². The lowest BCUT2D eigenvalue weighted by Gasteiger charge is -2.16. The molecule has 0 saturated carbocycles. The molecule has 0 aromatic heterocycles. The molecule has 0 heterocycles. The predicted octanol–water partition coefficient (Wildman–Crippen LogP) is 1.40. The third-order valence-electron chi connectivity index (χ3n) is 2.60. The van der Waals surface area contributed by atoms with Gasteiger partial charge in [0.25, 0.3) is 0 Å². The third-order valence-corrected chi connectivity index (χ3v) is 2.60. The van der Waals surface area contributed by atoms with E-state index in [1.165, 1.54) is 6.92 Å². The molecular formula is C12H24ClNO4. The molecule has 0 aliphatic heterocycles. The number of halogens is 1. The summed E-state index contributed by atoms with van der Waals surface area (Å²) < 4.78 is 4.68. The van der Waals surface area contributed by atoms with E-state index in [4.69, 9.17) is 10.8 Å². The van der Waals surface area contributed by atoms with Gasteiger partial charge in [0.05, 0.1) is 12.0 Å². The van der Waals surface area contributed by atoms with Crippen LogP contribution in [-0.4, -0.2) is 29.2 Å². The molecule has 0 unspecified atom stereocenters. The Morgan fingerprint density at radius 1 is 1.17 bits per heavy atom. The van der Waals surface area contributed by atoms with Gasteiger partial charge in [-0.1, -0.05) is 26.7 Å². The minimum atomic E-state index is -1.16. The van der Waals surface area contributed by atoms with Gasteiger partial charge in [-0.2, -0.15) is 0 Å². The first kappa shape index (κ1) is 19.7. The summed E-state index contributed by atoms with van der Waals surface area (Å²) >= 11 is 0. The van der Waals surface area contributed by atoms with Crippen molar-refractivity contribution in [3.8, 4) is 0 Å². The summed E-state index contributed by atoms with van der Waals surface area (Å²) in [4.78, 5) is 23.1. The number of aliphatic hydroxyl groups excluding tert-OH is 1. The number of esters is 2. The molecule has 0 aliphatic carbocycles. The number of rotatable bonds is 7. The van der Waals surface area contributed by atoms with Gasteiger partial charge in [0.2, 0.25) is 0 Å². The Kier molecular flexibility index (Phi) is 11.3. The molecule has 0 spiro atoms. The second-order valence-electron chi connectivity index (χ2n) is 4.28. The lowest BCUT2D eigenvalue weighted by molar-refractivity contribution is -0.165. The van der Waals surface area contributed by atoms with E-state index in [9.17, 15) is 9.59 Å². The Balaban J connectivity index is 0. The van der Waals surface area contributed by atoms with Gasteiger partial charge < -0.3 is 15.6 Å². The van der Waals surface area contributed by atoms with Gasteiger partial charge in [-0.3, -0.25) is 4.79 Å². The fraction of sp³-hybridized carbons (Fsp3) is 0.833. The van der Waals surface area contributed by atoms with Crippen LogP contribution in [0.15, 0.2) is 0 Å². The first-order valence-electron chi connectivity index (χ1n) is 6.13. The maximum Gasteiger partial charge on any atom is 0.333 e. The Bertz CT molecular complexity index is 252. The van der Waals surface area contributed by atoms with E-state index < -0.39 is 24.1 Å². The molecule has 5 nitrogen and oxygen atoms in total. The van der Waals surface area contributed by atoms with E-state index in [1.807, 2.05) is 13.8 Å². The van der Waals surface area contributed by atoms with E-state index in [1.54, 1.807) is 0 Å². The number of hydrogen-bond donors (Lipinski definition) is 2. The average molecular weight is 282 g/mol. The highest BCUT2D eigenvalue weighted by Gasteiger charge is 2.26. The summed E-state index contributed by atoms with van der Waals surface area (Å²) in [6.45, 7) is 5.32. The molecule has 108 valence electrons. The van der Waals surface area contributed by atoms with E-state index in [0.717, 1.165) is 12.8 Å². The van der Waals surface area contributed by atoms with Crippen LogP contribution < -0.4 is 5.73 Å². The van der Waals surface area contributed by atoms with Gasteiger partial charge in [0.1, 0.15) is 6.04 Å². The van der Waals surface area contributed by atoms with Crippen LogP contribution in [0.3, 0.4) is 0 Å². The minimum Gasteiger partial charge on any atom is -0.392 e. The van der Waals surface area contributed by atoms with Crippen molar-refractivity contribution in [3.63, 3.8) is 0 Å². The van der Waals surface area contributed by atoms with Gasteiger partial charge in [0.15, 0.2) is 0 Å². The zero-order chi connectivity index (χ0) is 13.4. The zero-order valence-corrected chi connectivity index (χ0v) is 12.0. The maximum atomic E-state index is 11.7. The predicted molar refractivity (Wildman–Crippen MR) is 71.3 cm³/mol. The summed E-state index contributed by atoms with van der Waals surface area (Å²) in [6.07, 6.45) is 2.09. The third kappa shape index (κ3) is 6.93. The Labute approximate surface area is 114 Å². The van der Waals surface area contributed by atoms with Gasteiger partial charge in [-0.15, -0.1) is 12.4 Å². The average Bonchev–Trinajstić information content (AvgIpc) is 2.27. The molecule has 0 aliphatic rings. The largest absolute Gasteiger partial charge is 0.392 e. The first-order valence-corrected chi connectivity index (χ1v) is 6.13. The summed E-state index contributed by atoms with van der Waals surface area (Å²) in [5.74, 6) is -1.65. The topological polar surface area (TPSA) is 89.6 Å². The zero-order valence-electron chi connectivity index (χ0n) is 11.2. The normalized spacial score (nSPS) is 13.7. The quantitative estimate of drug-likeness (QED) is 0.544. The van der Waals surface area contributed by atoms with Gasteiger partial charge in [0, 0.05) is 0 Å². The molecule has 18 heavy (non-hydrogen) atoms. The van der Waals surface area contributed by atoms with Crippen LogP contribution in [0.25, 0.3) is 0 Å². The maximum absolute atomic E-state index is 11.7. The van der Waals surface area contributed by atoms with Crippen molar-refractivity contribution in [3.05, 3.63) is 0 Å². The molecule has 0 bridgehead atoms. The Hall–Kier alpha value is -0.650. The van der Waals surface area contributed by atoms with Gasteiger partial charge in [-0.25, -0.2) is 4.79 Å². The summed E-state index contributed by atoms with van der Waals surface area (Å²) in [5.41, 5.74) is 5.38. The van der Waals surface area contributed by atoms with Crippen molar-refractivity contribution in [2.24, 2.45) is 11.7 Å². The first-order chi connectivity index (χ1) is 7.93. The molecule has 0 rings (SSSR count). The van der Waals surface area contributed by atoms with Gasteiger partial charge in [-0.05, 0) is 19.8 Å². The number of carbonyl (C=O) groups is 2. The fourth-order valence-electron chi connectivity index (χ4n) is 1.52. The molecule has 0 saturated heterocycles. The van der Waals surface area contributed by atoms with Crippen LogP contribution in [0, 0.1) is 5.92 Å². The van der Waals surface area contributed by atoms with Crippen LogP contribution in [0.2, 0.25) is 0 Å². The lowest BCUT2D eigenvalue weighted by atomic mass is 9.98. The molecule has 6 heteroatoms. The Morgan fingerprint density at radius 2 is 1.61 bits per heavy atom. The number of nitrogens with two attached hydrogens (primary N) is 1. The second kappa shape index (κ2) is 10.3. The summed E-state index contributed by atoms with van der Waals surface area (Å²) in [7, 11) is 0. The Morgan fingerprint density at radius 3 is 1.94 bits per heavy atom. The summed E-state index contributed by atoms with van der Waals surface area (Å²) in [6, 6.07) is -1.16. The van der Waals surface area contributed by atoms with Crippen LogP contribution in [0.5, 0.6) is 0 Å². The highest BCUT2D eigenvalue weighted by Crippen LogP contribution is 2.15.